The minimum atomic E-state index is -0.619. The maximum Gasteiger partial charge on any atom is 0.263 e. The Bertz CT molecular complexity index is 1880. The third-order valence-corrected chi connectivity index (χ3v) is 6.42. The fourth-order valence-corrected chi connectivity index (χ4v) is 4.58. The van der Waals surface area contributed by atoms with Gasteiger partial charge in [0.25, 0.3) is 11.5 Å². The van der Waals surface area contributed by atoms with Gasteiger partial charge in [0.2, 0.25) is 5.88 Å². The summed E-state index contributed by atoms with van der Waals surface area (Å²) in [5.41, 5.74) is 14.8. The van der Waals surface area contributed by atoms with Crippen LogP contribution in [0.4, 0.5) is 5.82 Å². The summed E-state index contributed by atoms with van der Waals surface area (Å²) in [6, 6.07) is 23.2. The normalized spacial score (nSPS) is 10.8. The van der Waals surface area contributed by atoms with Crippen LogP contribution in [0.15, 0.2) is 96.2 Å². The molecule has 0 saturated carbocycles. The molecular formula is C30H27N7O3. The number of nitrogen functional groups attached to an aromatic ring is 1. The molecule has 0 fully saturated rings. The minimum absolute atomic E-state index is 0.0121. The van der Waals surface area contributed by atoms with Gasteiger partial charge in [0.1, 0.15) is 5.56 Å². The topological polar surface area (TPSA) is 143 Å². The summed E-state index contributed by atoms with van der Waals surface area (Å²) >= 11 is 0. The molecule has 0 saturated heterocycles. The number of hydrogen-bond acceptors (Lipinski definition) is 7. The van der Waals surface area contributed by atoms with Crippen LogP contribution in [-0.4, -0.2) is 37.2 Å². The van der Waals surface area contributed by atoms with Gasteiger partial charge in [0, 0.05) is 41.6 Å². The van der Waals surface area contributed by atoms with Crippen LogP contribution in [0.5, 0.6) is 5.88 Å². The van der Waals surface area contributed by atoms with E-state index in [0.29, 0.717) is 16.9 Å². The Kier molecular flexibility index (Phi) is 7.23. The molecule has 4 aromatic heterocycles. The number of benzene rings is 2. The van der Waals surface area contributed by atoms with Gasteiger partial charge in [-0.3, -0.25) is 14.2 Å². The number of nitrogens with two attached hydrogens (primary N) is 2. The van der Waals surface area contributed by atoms with Gasteiger partial charge in [-0.05, 0) is 47.7 Å². The number of nitrogens with zero attached hydrogens (tertiary/aromatic N) is 5. The summed E-state index contributed by atoms with van der Waals surface area (Å²) in [6.45, 7) is 2.07. The van der Waals surface area contributed by atoms with E-state index in [4.69, 9.17) is 16.2 Å². The lowest BCUT2D eigenvalue weighted by Crippen LogP contribution is -2.22. The van der Waals surface area contributed by atoms with Gasteiger partial charge in [-0.2, -0.15) is 0 Å². The molecular weight excluding hydrogens is 506 g/mol. The highest BCUT2D eigenvalue weighted by Crippen LogP contribution is 2.28. The van der Waals surface area contributed by atoms with Crippen molar-refractivity contribution in [3.8, 4) is 22.7 Å². The average molecular weight is 534 g/mol. The predicted molar refractivity (Wildman–Crippen MR) is 155 cm³/mol. The molecule has 0 aliphatic heterocycles. The van der Waals surface area contributed by atoms with Crippen molar-refractivity contribution in [2.24, 2.45) is 5.73 Å². The van der Waals surface area contributed by atoms with Crippen LogP contribution in [0.25, 0.3) is 33.2 Å². The lowest BCUT2D eigenvalue weighted by Gasteiger charge is -2.15. The number of carbonyl (C=O) groups excluding carboxylic acids is 1. The standard InChI is InChI=1S/C23H20N2O2.C7H7N5O/c1-3-18-14-16-8-7-11-20(17-12-13-21(27-2)24-15-17)22(16)23(26)25(18)19-9-5-4-6-10-19;8-5-4(6(9)13)7-10-2-1-3-12(7)11-5/h4-15H,3H2,1-2H3;1-3H,(H2,8,11)(H2,9,13). The van der Waals surface area contributed by atoms with Crippen LogP contribution in [0.3, 0.4) is 0 Å². The second kappa shape index (κ2) is 11.1. The molecule has 1 amide bonds. The zero-order valence-corrected chi connectivity index (χ0v) is 22.0. The number of rotatable bonds is 5. The molecule has 0 unspecified atom stereocenters. The quantitative estimate of drug-likeness (QED) is 0.340. The number of aromatic nitrogens is 5. The molecule has 10 nitrogen and oxygen atoms in total. The van der Waals surface area contributed by atoms with E-state index >= 15 is 0 Å². The number of aryl methyl sites for hydroxylation is 1. The number of ether oxygens (including phenoxy) is 1. The van der Waals surface area contributed by atoms with E-state index in [1.54, 1.807) is 31.8 Å². The maximum atomic E-state index is 13.5. The molecule has 4 N–H and O–H groups in total. The van der Waals surface area contributed by atoms with Gasteiger partial charge in [0.05, 0.1) is 12.5 Å². The van der Waals surface area contributed by atoms with E-state index in [1.807, 2.05) is 65.2 Å². The summed E-state index contributed by atoms with van der Waals surface area (Å²) in [5.74, 6) is 0.0337. The van der Waals surface area contributed by atoms with E-state index < -0.39 is 5.91 Å². The number of para-hydroxylation sites is 1. The molecule has 0 bridgehead atoms. The molecule has 200 valence electrons. The molecule has 0 spiro atoms. The minimum Gasteiger partial charge on any atom is -0.481 e. The summed E-state index contributed by atoms with van der Waals surface area (Å²) in [7, 11) is 1.59. The van der Waals surface area contributed by atoms with Crippen molar-refractivity contribution < 1.29 is 9.53 Å². The molecule has 0 atom stereocenters. The van der Waals surface area contributed by atoms with Crippen LogP contribution >= 0.6 is 0 Å². The largest absolute Gasteiger partial charge is 0.481 e. The smallest absolute Gasteiger partial charge is 0.263 e. The number of methoxy groups -OCH3 is 1. The highest BCUT2D eigenvalue weighted by molar-refractivity contribution is 6.03. The fraction of sp³-hybridized carbons (Fsp3) is 0.100. The zero-order valence-electron chi connectivity index (χ0n) is 22.0. The third-order valence-electron chi connectivity index (χ3n) is 6.42. The van der Waals surface area contributed by atoms with E-state index in [0.717, 1.165) is 34.3 Å². The summed E-state index contributed by atoms with van der Waals surface area (Å²) in [6.07, 6.45) is 5.70. The molecule has 0 aliphatic carbocycles. The number of anilines is 1. The Balaban J connectivity index is 0.000000207. The first-order chi connectivity index (χ1) is 19.4. The summed E-state index contributed by atoms with van der Waals surface area (Å²) in [5, 5.41) is 5.51. The van der Waals surface area contributed by atoms with E-state index in [2.05, 4.69) is 28.1 Å². The van der Waals surface area contributed by atoms with Gasteiger partial charge in [-0.25, -0.2) is 14.5 Å². The SMILES string of the molecule is CCc1cc2cccc(-c3ccc(OC)nc3)c2c(=O)n1-c1ccccc1.NC(=O)c1c(N)nn2cccnc12. The van der Waals surface area contributed by atoms with Gasteiger partial charge >= 0.3 is 0 Å². The molecule has 0 radical (unpaired) electrons. The first-order valence-electron chi connectivity index (χ1n) is 12.5. The number of pyridine rings is 2. The number of fused-ring (bicyclic) bond motifs is 2. The van der Waals surface area contributed by atoms with Crippen LogP contribution in [0, 0.1) is 0 Å². The predicted octanol–water partition coefficient (Wildman–Crippen LogP) is 4.03. The Hall–Kier alpha value is -5.51. The Morgan fingerprint density at radius 2 is 1.80 bits per heavy atom. The van der Waals surface area contributed by atoms with Gasteiger partial charge in [-0.15, -0.1) is 5.10 Å². The highest BCUT2D eigenvalue weighted by atomic mass is 16.5. The molecule has 0 aliphatic rings. The number of hydrogen-bond donors (Lipinski definition) is 2. The monoisotopic (exact) mass is 533 g/mol. The van der Waals surface area contributed by atoms with Crippen molar-refractivity contribution in [3.63, 3.8) is 0 Å². The Morgan fingerprint density at radius 1 is 1.00 bits per heavy atom. The number of primary amides is 1. The fourth-order valence-electron chi connectivity index (χ4n) is 4.58. The van der Waals surface area contributed by atoms with Gasteiger partial charge in [-0.1, -0.05) is 43.3 Å². The van der Waals surface area contributed by atoms with Crippen molar-refractivity contribution in [2.45, 2.75) is 13.3 Å². The van der Waals surface area contributed by atoms with Crippen molar-refractivity contribution >= 4 is 28.1 Å². The van der Waals surface area contributed by atoms with Crippen LogP contribution in [0.1, 0.15) is 23.0 Å². The second-order valence-corrected chi connectivity index (χ2v) is 8.84. The summed E-state index contributed by atoms with van der Waals surface area (Å²) < 4.78 is 8.37. The molecule has 40 heavy (non-hydrogen) atoms. The number of amides is 1. The van der Waals surface area contributed by atoms with Gasteiger partial charge in [0.15, 0.2) is 11.5 Å². The molecule has 6 aromatic rings. The van der Waals surface area contributed by atoms with Crippen LogP contribution in [0.2, 0.25) is 0 Å². The molecule has 6 rings (SSSR count). The lowest BCUT2D eigenvalue weighted by atomic mass is 9.99. The average Bonchev–Trinajstić information content (AvgIpc) is 3.33. The highest BCUT2D eigenvalue weighted by Gasteiger charge is 2.16. The van der Waals surface area contributed by atoms with Crippen LogP contribution in [-0.2, 0) is 6.42 Å². The van der Waals surface area contributed by atoms with Crippen molar-refractivity contribution in [2.75, 3.05) is 12.8 Å². The Morgan fingerprint density at radius 3 is 2.48 bits per heavy atom. The van der Waals surface area contributed by atoms with E-state index in [9.17, 15) is 9.59 Å². The zero-order chi connectivity index (χ0) is 28.2. The Labute approximate surface area is 229 Å². The second-order valence-electron chi connectivity index (χ2n) is 8.84. The first-order valence-corrected chi connectivity index (χ1v) is 12.5. The van der Waals surface area contributed by atoms with E-state index in [1.165, 1.54) is 4.52 Å². The van der Waals surface area contributed by atoms with Crippen molar-refractivity contribution in [3.05, 3.63) is 113 Å². The summed E-state index contributed by atoms with van der Waals surface area (Å²) in [4.78, 5) is 32.7. The van der Waals surface area contributed by atoms with Gasteiger partial charge < -0.3 is 16.2 Å². The van der Waals surface area contributed by atoms with Crippen LogP contribution < -0.4 is 21.8 Å². The third kappa shape index (κ3) is 4.85. The van der Waals surface area contributed by atoms with E-state index in [-0.39, 0.29) is 16.9 Å². The maximum absolute atomic E-state index is 13.5. The molecule has 10 heteroatoms. The first kappa shape index (κ1) is 26.1. The molecule has 4 heterocycles. The number of carbonyl (C=O) groups is 1. The lowest BCUT2D eigenvalue weighted by molar-refractivity contribution is 0.100. The molecule has 2 aromatic carbocycles. The van der Waals surface area contributed by atoms with Crippen molar-refractivity contribution in [1.82, 2.24) is 24.1 Å². The van der Waals surface area contributed by atoms with Crippen molar-refractivity contribution in [1.29, 1.82) is 0 Å².